The number of carbonyl (C=O) groups is 2. The van der Waals surface area contributed by atoms with Gasteiger partial charge in [0.05, 0.1) is 0 Å². The number of carboxylic acid groups (broad SMARTS) is 1. The second-order valence-electron chi connectivity index (χ2n) is 6.59. The van der Waals surface area contributed by atoms with Crippen LogP contribution >= 0.6 is 7.92 Å². The van der Waals surface area contributed by atoms with E-state index in [0.29, 0.717) is 12.2 Å². The van der Waals surface area contributed by atoms with Crippen LogP contribution in [0, 0.1) is 0 Å². The van der Waals surface area contributed by atoms with Crippen LogP contribution in [0.1, 0.15) is 46.5 Å². The van der Waals surface area contributed by atoms with Crippen molar-refractivity contribution in [1.29, 1.82) is 0 Å². The third kappa shape index (κ3) is 3.43. The van der Waals surface area contributed by atoms with Crippen LogP contribution in [0.15, 0.2) is 0 Å². The first-order valence-electron chi connectivity index (χ1n) is 7.28. The van der Waals surface area contributed by atoms with E-state index in [1.807, 2.05) is 0 Å². The third-order valence-electron chi connectivity index (χ3n) is 3.79. The average molecular weight is 301 g/mol. The van der Waals surface area contributed by atoms with Crippen LogP contribution in [0.3, 0.4) is 0 Å². The number of rotatable bonds is 1. The maximum atomic E-state index is 12.3. The van der Waals surface area contributed by atoms with Gasteiger partial charge in [0, 0.05) is 6.54 Å². The number of amides is 1. The molecule has 0 bridgehead atoms. The Morgan fingerprint density at radius 1 is 1.25 bits per heavy atom. The molecule has 2 heterocycles. The topological polar surface area (TPSA) is 66.8 Å². The van der Waals surface area contributed by atoms with E-state index in [4.69, 9.17) is 4.74 Å². The molecular formula is C14H24NO4P. The maximum Gasteiger partial charge on any atom is 0.411 e. The molecule has 0 aromatic heterocycles. The van der Waals surface area contributed by atoms with Crippen molar-refractivity contribution in [1.82, 2.24) is 4.90 Å². The summed E-state index contributed by atoms with van der Waals surface area (Å²) in [6.45, 7) is 5.97. The van der Waals surface area contributed by atoms with Gasteiger partial charge < -0.3 is 9.84 Å². The zero-order valence-corrected chi connectivity index (χ0v) is 13.4. The number of aliphatic carboxylic acids is 1. The van der Waals surface area contributed by atoms with Gasteiger partial charge in [-0.15, -0.1) is 0 Å². The van der Waals surface area contributed by atoms with Crippen molar-refractivity contribution in [2.45, 2.75) is 63.5 Å². The summed E-state index contributed by atoms with van der Waals surface area (Å²) in [4.78, 5) is 25.3. The molecule has 2 rings (SSSR count). The predicted molar refractivity (Wildman–Crippen MR) is 78.4 cm³/mol. The molecule has 2 saturated heterocycles. The lowest BCUT2D eigenvalue weighted by Crippen LogP contribution is -2.43. The van der Waals surface area contributed by atoms with Crippen LogP contribution in [-0.4, -0.2) is 51.8 Å². The van der Waals surface area contributed by atoms with Gasteiger partial charge in [-0.1, -0.05) is 20.8 Å². The quantitative estimate of drug-likeness (QED) is 0.756. The molecular weight excluding hydrogens is 277 g/mol. The minimum absolute atomic E-state index is 0.376. The molecule has 2 aliphatic rings. The standard InChI is InChI=1S/C14H24NO4P/c1-14(2,3)19-13(18)15-9-10-7-5-4-6-8-20(10)11(15)12(16)17/h10-11H,4-9H2,1-3H3,(H,16,17). The Kier molecular flexibility index (Phi) is 4.58. The van der Waals surface area contributed by atoms with Crippen LogP contribution in [-0.2, 0) is 9.53 Å². The molecule has 3 atom stereocenters. The van der Waals surface area contributed by atoms with Crippen LogP contribution in [0.5, 0.6) is 0 Å². The van der Waals surface area contributed by atoms with E-state index >= 15 is 0 Å². The number of hydrogen-bond acceptors (Lipinski definition) is 3. The van der Waals surface area contributed by atoms with Gasteiger partial charge in [0.15, 0.2) is 5.78 Å². The van der Waals surface area contributed by atoms with Crippen molar-refractivity contribution in [3.05, 3.63) is 0 Å². The van der Waals surface area contributed by atoms with Gasteiger partial charge in [0.1, 0.15) is 5.60 Å². The zero-order chi connectivity index (χ0) is 14.9. The van der Waals surface area contributed by atoms with Crippen LogP contribution in [0.4, 0.5) is 4.79 Å². The van der Waals surface area contributed by atoms with E-state index in [-0.39, 0.29) is 0 Å². The normalized spacial score (nSPS) is 30.6. The van der Waals surface area contributed by atoms with Crippen molar-refractivity contribution in [3.8, 4) is 0 Å². The monoisotopic (exact) mass is 301 g/mol. The lowest BCUT2D eigenvalue weighted by atomic mass is 10.1. The lowest BCUT2D eigenvalue weighted by Gasteiger charge is -2.28. The highest BCUT2D eigenvalue weighted by Gasteiger charge is 2.48. The second kappa shape index (κ2) is 5.88. The Labute approximate surface area is 121 Å². The van der Waals surface area contributed by atoms with Gasteiger partial charge in [-0.2, -0.15) is 0 Å². The molecule has 0 aromatic rings. The highest BCUT2D eigenvalue weighted by atomic mass is 31.1. The number of ether oxygens (including phenoxy) is 1. The molecule has 5 nitrogen and oxygen atoms in total. The summed E-state index contributed by atoms with van der Waals surface area (Å²) in [7, 11) is -0.637. The van der Waals surface area contributed by atoms with Crippen molar-refractivity contribution in [2.75, 3.05) is 12.7 Å². The van der Waals surface area contributed by atoms with Gasteiger partial charge >= 0.3 is 12.1 Å². The largest absolute Gasteiger partial charge is 0.479 e. The first-order chi connectivity index (χ1) is 9.29. The van der Waals surface area contributed by atoms with Gasteiger partial charge in [-0.3, -0.25) is 4.90 Å². The van der Waals surface area contributed by atoms with E-state index in [0.717, 1.165) is 25.4 Å². The van der Waals surface area contributed by atoms with E-state index in [9.17, 15) is 14.7 Å². The van der Waals surface area contributed by atoms with Crippen LogP contribution in [0.25, 0.3) is 0 Å². The number of nitrogens with zero attached hydrogens (tertiary/aromatic N) is 1. The lowest BCUT2D eigenvalue weighted by molar-refractivity contribution is -0.139. The summed E-state index contributed by atoms with van der Waals surface area (Å²) in [6.07, 6.45) is 4.98. The fourth-order valence-electron chi connectivity index (χ4n) is 2.99. The van der Waals surface area contributed by atoms with Gasteiger partial charge in [0.25, 0.3) is 0 Å². The smallest absolute Gasteiger partial charge is 0.411 e. The molecule has 0 radical (unpaired) electrons. The number of fused-ring (bicyclic) bond motifs is 1. The molecule has 114 valence electrons. The SMILES string of the molecule is CC(C)(C)OC(=O)N1CC2CCCCCP2C1C(=O)O. The number of carbonyl (C=O) groups excluding carboxylic acids is 1. The van der Waals surface area contributed by atoms with E-state index in [1.165, 1.54) is 11.3 Å². The molecule has 1 N–H and O–H groups in total. The highest BCUT2D eigenvalue weighted by Crippen LogP contribution is 2.57. The third-order valence-corrected chi connectivity index (χ3v) is 7.11. The average Bonchev–Trinajstić information content (AvgIpc) is 2.52. The number of carboxylic acids is 1. The number of hydrogen-bond donors (Lipinski definition) is 1. The highest BCUT2D eigenvalue weighted by molar-refractivity contribution is 7.60. The molecule has 0 aromatic carbocycles. The summed E-state index contributed by atoms with van der Waals surface area (Å²) in [6, 6.07) is 0. The zero-order valence-electron chi connectivity index (χ0n) is 12.5. The van der Waals surface area contributed by atoms with Gasteiger partial charge in [-0.25, -0.2) is 9.59 Å². The Bertz CT molecular complexity index is 393. The summed E-state index contributed by atoms with van der Waals surface area (Å²) in [5.41, 5.74) is -0.209. The van der Waals surface area contributed by atoms with Gasteiger partial charge in [-0.05, 0) is 45.4 Å². The summed E-state index contributed by atoms with van der Waals surface area (Å²) >= 11 is 0. The van der Waals surface area contributed by atoms with Crippen LogP contribution in [0.2, 0.25) is 0 Å². The van der Waals surface area contributed by atoms with E-state index < -0.39 is 31.4 Å². The van der Waals surface area contributed by atoms with Crippen molar-refractivity contribution < 1.29 is 19.4 Å². The molecule has 1 amide bonds. The van der Waals surface area contributed by atoms with E-state index in [2.05, 4.69) is 0 Å². The van der Waals surface area contributed by atoms with E-state index in [1.54, 1.807) is 20.8 Å². The maximum absolute atomic E-state index is 12.3. The molecule has 2 aliphatic heterocycles. The minimum atomic E-state index is -0.869. The van der Waals surface area contributed by atoms with Crippen LogP contribution < -0.4 is 0 Å². The Balaban J connectivity index is 2.16. The predicted octanol–water partition coefficient (Wildman–Crippen LogP) is 3.07. The minimum Gasteiger partial charge on any atom is -0.479 e. The Morgan fingerprint density at radius 2 is 1.95 bits per heavy atom. The molecule has 20 heavy (non-hydrogen) atoms. The Hall–Kier alpha value is -0.830. The first-order valence-corrected chi connectivity index (χ1v) is 8.94. The second-order valence-corrected chi connectivity index (χ2v) is 9.28. The summed E-state index contributed by atoms with van der Waals surface area (Å²) < 4.78 is 5.37. The van der Waals surface area contributed by atoms with Crippen molar-refractivity contribution in [3.63, 3.8) is 0 Å². The summed E-state index contributed by atoms with van der Waals surface area (Å²) in [5.74, 6) is -1.52. The fourth-order valence-corrected chi connectivity index (χ4v) is 6.32. The van der Waals surface area contributed by atoms with Crippen molar-refractivity contribution in [2.24, 2.45) is 0 Å². The van der Waals surface area contributed by atoms with Gasteiger partial charge in [0.2, 0.25) is 0 Å². The molecule has 0 spiro atoms. The van der Waals surface area contributed by atoms with Crippen molar-refractivity contribution >= 4 is 20.0 Å². The fraction of sp³-hybridized carbons (Fsp3) is 0.857. The first kappa shape index (κ1) is 15.6. The molecule has 3 unspecified atom stereocenters. The Morgan fingerprint density at radius 3 is 2.55 bits per heavy atom. The molecule has 0 saturated carbocycles. The molecule has 0 aliphatic carbocycles. The molecule has 2 fully saturated rings. The summed E-state index contributed by atoms with van der Waals surface area (Å²) in [5, 5.41) is 9.53. The molecule has 6 heteroatoms.